The molecule has 1 rings (SSSR count). The SMILES string of the molecule is CC(C)(C)CC(CNc1ncccc1C(F)(F)F)C(=O)O. The Hall–Kier alpha value is -1.79. The van der Waals surface area contributed by atoms with E-state index in [1.807, 2.05) is 20.8 Å². The number of aliphatic carboxylic acids is 1. The molecule has 7 heteroatoms. The van der Waals surface area contributed by atoms with Crippen molar-refractivity contribution in [3.63, 3.8) is 0 Å². The third-order valence-corrected chi connectivity index (χ3v) is 2.84. The molecule has 0 saturated carbocycles. The number of halogens is 3. The van der Waals surface area contributed by atoms with Crippen molar-refractivity contribution in [2.45, 2.75) is 33.4 Å². The summed E-state index contributed by atoms with van der Waals surface area (Å²) >= 11 is 0. The number of carbonyl (C=O) groups is 1. The lowest BCUT2D eigenvalue weighted by Gasteiger charge is -2.24. The number of rotatable bonds is 5. The minimum Gasteiger partial charge on any atom is -0.481 e. The maximum atomic E-state index is 12.8. The Morgan fingerprint density at radius 3 is 2.48 bits per heavy atom. The molecule has 1 heterocycles. The molecule has 0 bridgehead atoms. The summed E-state index contributed by atoms with van der Waals surface area (Å²) in [6.07, 6.45) is -2.94. The highest BCUT2D eigenvalue weighted by molar-refractivity contribution is 5.71. The molecule has 0 aliphatic carbocycles. The van der Waals surface area contributed by atoms with E-state index in [-0.39, 0.29) is 17.8 Å². The standard InChI is InChI=1S/C14H19F3N2O2/c1-13(2,3)7-9(12(20)21)8-19-11-10(14(15,16)17)5-4-6-18-11/h4-6,9H,7-8H2,1-3H3,(H,18,19)(H,20,21). The molecule has 0 radical (unpaired) electrons. The van der Waals surface area contributed by atoms with Crippen LogP contribution in [0.5, 0.6) is 0 Å². The van der Waals surface area contributed by atoms with Crippen LogP contribution >= 0.6 is 0 Å². The zero-order valence-electron chi connectivity index (χ0n) is 12.2. The van der Waals surface area contributed by atoms with E-state index >= 15 is 0 Å². The quantitative estimate of drug-likeness (QED) is 0.871. The average molecular weight is 304 g/mol. The van der Waals surface area contributed by atoms with Gasteiger partial charge in [-0.3, -0.25) is 4.79 Å². The minimum atomic E-state index is -4.53. The Balaban J connectivity index is 2.84. The van der Waals surface area contributed by atoms with Crippen LogP contribution in [0, 0.1) is 11.3 Å². The molecule has 0 saturated heterocycles. The largest absolute Gasteiger partial charge is 0.481 e. The summed E-state index contributed by atoms with van der Waals surface area (Å²) in [6, 6.07) is 2.10. The molecule has 0 fully saturated rings. The lowest BCUT2D eigenvalue weighted by Crippen LogP contribution is -2.28. The van der Waals surface area contributed by atoms with Gasteiger partial charge < -0.3 is 10.4 Å². The van der Waals surface area contributed by atoms with E-state index in [4.69, 9.17) is 5.11 Å². The molecule has 0 spiro atoms. The van der Waals surface area contributed by atoms with Gasteiger partial charge in [0.05, 0.1) is 11.5 Å². The Bertz CT molecular complexity index is 496. The Kier molecular flexibility index (Phi) is 5.20. The number of carboxylic acids is 1. The summed E-state index contributed by atoms with van der Waals surface area (Å²) in [7, 11) is 0. The first-order valence-corrected chi connectivity index (χ1v) is 6.49. The monoisotopic (exact) mass is 304 g/mol. The van der Waals surface area contributed by atoms with Crippen LogP contribution in [-0.4, -0.2) is 22.6 Å². The van der Waals surface area contributed by atoms with Crippen molar-refractivity contribution < 1.29 is 23.1 Å². The van der Waals surface area contributed by atoms with Crippen molar-refractivity contribution in [3.8, 4) is 0 Å². The molecule has 0 aromatic carbocycles. The number of hydrogen-bond acceptors (Lipinski definition) is 3. The zero-order chi connectivity index (χ0) is 16.3. The number of aromatic nitrogens is 1. The van der Waals surface area contributed by atoms with Crippen LogP contribution in [-0.2, 0) is 11.0 Å². The fraction of sp³-hybridized carbons (Fsp3) is 0.571. The average Bonchev–Trinajstić information content (AvgIpc) is 2.32. The summed E-state index contributed by atoms with van der Waals surface area (Å²) in [5.41, 5.74) is -1.13. The third-order valence-electron chi connectivity index (χ3n) is 2.84. The van der Waals surface area contributed by atoms with Gasteiger partial charge in [-0.15, -0.1) is 0 Å². The van der Waals surface area contributed by atoms with Gasteiger partial charge in [0.1, 0.15) is 5.82 Å². The molecule has 0 aliphatic heterocycles. The molecule has 1 atom stereocenters. The number of alkyl halides is 3. The van der Waals surface area contributed by atoms with Gasteiger partial charge >= 0.3 is 12.1 Å². The van der Waals surface area contributed by atoms with Gasteiger partial charge in [-0.25, -0.2) is 4.98 Å². The van der Waals surface area contributed by atoms with Gasteiger partial charge in [-0.05, 0) is 24.0 Å². The first-order valence-electron chi connectivity index (χ1n) is 6.49. The van der Waals surface area contributed by atoms with Gasteiger partial charge in [0, 0.05) is 12.7 Å². The lowest BCUT2D eigenvalue weighted by molar-refractivity contribution is -0.142. The first kappa shape index (κ1) is 17.3. The highest BCUT2D eigenvalue weighted by Crippen LogP contribution is 2.33. The molecule has 1 aromatic heterocycles. The minimum absolute atomic E-state index is 0.104. The number of carboxylic acid groups (broad SMARTS) is 1. The fourth-order valence-electron chi connectivity index (χ4n) is 1.98. The van der Waals surface area contributed by atoms with Crippen LogP contribution < -0.4 is 5.32 Å². The van der Waals surface area contributed by atoms with Gasteiger partial charge in [0.2, 0.25) is 0 Å². The molecular formula is C14H19F3N2O2. The summed E-state index contributed by atoms with van der Waals surface area (Å²) in [5.74, 6) is -2.17. The molecule has 2 N–H and O–H groups in total. The molecular weight excluding hydrogens is 285 g/mol. The van der Waals surface area contributed by atoms with Crippen molar-refractivity contribution in [2.24, 2.45) is 11.3 Å². The highest BCUT2D eigenvalue weighted by atomic mass is 19.4. The van der Waals surface area contributed by atoms with E-state index in [1.165, 1.54) is 12.3 Å². The van der Waals surface area contributed by atoms with Crippen LogP contribution in [0.15, 0.2) is 18.3 Å². The summed E-state index contributed by atoms with van der Waals surface area (Å²) in [5, 5.41) is 11.7. The number of nitrogens with zero attached hydrogens (tertiary/aromatic N) is 1. The van der Waals surface area contributed by atoms with Crippen molar-refractivity contribution in [1.82, 2.24) is 4.98 Å². The van der Waals surface area contributed by atoms with Crippen LogP contribution in [0.1, 0.15) is 32.8 Å². The predicted molar refractivity (Wildman–Crippen MR) is 72.9 cm³/mol. The van der Waals surface area contributed by atoms with E-state index in [0.717, 1.165) is 6.07 Å². The lowest BCUT2D eigenvalue weighted by atomic mass is 9.84. The summed E-state index contributed by atoms with van der Waals surface area (Å²) in [6.45, 7) is 5.53. The highest BCUT2D eigenvalue weighted by Gasteiger charge is 2.34. The summed E-state index contributed by atoms with van der Waals surface area (Å²) < 4.78 is 38.4. The van der Waals surface area contributed by atoms with Gasteiger partial charge in [-0.2, -0.15) is 13.2 Å². The topological polar surface area (TPSA) is 62.2 Å². The van der Waals surface area contributed by atoms with Crippen LogP contribution in [0.25, 0.3) is 0 Å². The molecule has 1 aromatic rings. The van der Waals surface area contributed by atoms with E-state index in [2.05, 4.69) is 10.3 Å². The Morgan fingerprint density at radius 1 is 1.38 bits per heavy atom. The van der Waals surface area contributed by atoms with Crippen LogP contribution in [0.3, 0.4) is 0 Å². The van der Waals surface area contributed by atoms with Crippen molar-refractivity contribution in [3.05, 3.63) is 23.9 Å². The van der Waals surface area contributed by atoms with Crippen LogP contribution in [0.4, 0.5) is 19.0 Å². The summed E-state index contributed by atoms with van der Waals surface area (Å²) in [4.78, 5) is 14.8. The number of nitrogens with one attached hydrogen (secondary N) is 1. The van der Waals surface area contributed by atoms with Crippen molar-refractivity contribution in [1.29, 1.82) is 0 Å². The van der Waals surface area contributed by atoms with Crippen molar-refractivity contribution >= 4 is 11.8 Å². The number of pyridine rings is 1. The fourth-order valence-corrected chi connectivity index (χ4v) is 1.98. The van der Waals surface area contributed by atoms with Gasteiger partial charge in [0.25, 0.3) is 0 Å². The predicted octanol–water partition coefficient (Wildman–Crippen LogP) is 3.65. The molecule has 21 heavy (non-hydrogen) atoms. The van der Waals surface area contributed by atoms with Crippen molar-refractivity contribution in [2.75, 3.05) is 11.9 Å². The zero-order valence-corrected chi connectivity index (χ0v) is 12.2. The molecule has 4 nitrogen and oxygen atoms in total. The molecule has 118 valence electrons. The number of anilines is 1. The normalized spacial score (nSPS) is 13.8. The Morgan fingerprint density at radius 2 is 2.00 bits per heavy atom. The maximum Gasteiger partial charge on any atom is 0.419 e. The smallest absolute Gasteiger partial charge is 0.419 e. The molecule has 0 amide bonds. The maximum absolute atomic E-state index is 12.8. The Labute approximate surface area is 121 Å². The third kappa shape index (κ3) is 5.61. The van der Waals surface area contributed by atoms with E-state index < -0.39 is 23.6 Å². The first-order chi connectivity index (χ1) is 9.50. The van der Waals surface area contributed by atoms with Gasteiger partial charge in [-0.1, -0.05) is 20.8 Å². The van der Waals surface area contributed by atoms with E-state index in [9.17, 15) is 18.0 Å². The second kappa shape index (κ2) is 6.32. The van der Waals surface area contributed by atoms with E-state index in [0.29, 0.717) is 6.42 Å². The van der Waals surface area contributed by atoms with Gasteiger partial charge in [0.15, 0.2) is 0 Å². The second-order valence-electron chi connectivity index (χ2n) is 6.08. The van der Waals surface area contributed by atoms with E-state index in [1.54, 1.807) is 0 Å². The number of hydrogen-bond donors (Lipinski definition) is 2. The molecule has 1 unspecified atom stereocenters. The van der Waals surface area contributed by atoms with Crippen LogP contribution in [0.2, 0.25) is 0 Å². The molecule has 0 aliphatic rings. The second-order valence-corrected chi connectivity index (χ2v) is 6.08.